The summed E-state index contributed by atoms with van der Waals surface area (Å²) in [5.74, 6) is -0.0412. The molecule has 1 amide bonds. The predicted octanol–water partition coefficient (Wildman–Crippen LogP) is 4.56. The van der Waals surface area contributed by atoms with Crippen LogP contribution in [0.5, 0.6) is 0 Å². The third kappa shape index (κ3) is 4.28. The van der Waals surface area contributed by atoms with Gasteiger partial charge in [0.15, 0.2) is 10.8 Å². The normalized spacial score (nSPS) is 22.2. The maximum Gasteiger partial charge on any atom is 0.291 e. The molecule has 1 aromatic rings. The monoisotopic (exact) mass is 376 g/mol. The van der Waals surface area contributed by atoms with Gasteiger partial charge in [0, 0.05) is 5.71 Å². The molecule has 0 saturated heterocycles. The molecule has 8 heteroatoms. The average molecular weight is 378 g/mol. The molecule has 126 valence electrons. The number of hydrogen-bond donors (Lipinski definition) is 2. The van der Waals surface area contributed by atoms with Gasteiger partial charge in [-0.3, -0.25) is 4.79 Å². The first kappa shape index (κ1) is 18.3. The number of aromatic nitrogens is 1. The van der Waals surface area contributed by atoms with Gasteiger partial charge in [-0.1, -0.05) is 55.6 Å². The first-order chi connectivity index (χ1) is 10.6. The summed E-state index contributed by atoms with van der Waals surface area (Å²) in [6.45, 7) is 6.56. The van der Waals surface area contributed by atoms with E-state index < -0.39 is 5.91 Å². The van der Waals surface area contributed by atoms with Crippen LogP contribution in [-0.2, 0) is 0 Å². The molecule has 2 rings (SSSR count). The molecule has 1 atom stereocenters. The quantitative estimate of drug-likeness (QED) is 0.586. The van der Waals surface area contributed by atoms with Crippen LogP contribution >= 0.6 is 34.8 Å². The van der Waals surface area contributed by atoms with E-state index in [0.29, 0.717) is 5.92 Å². The zero-order valence-electron chi connectivity index (χ0n) is 13.2. The Morgan fingerprint density at radius 1 is 1.35 bits per heavy atom. The van der Waals surface area contributed by atoms with E-state index in [4.69, 9.17) is 40.5 Å². The molecule has 23 heavy (non-hydrogen) atoms. The lowest BCUT2D eigenvalue weighted by Crippen LogP contribution is -2.30. The number of nitrogens with two attached hydrogens (primary N) is 1. The van der Waals surface area contributed by atoms with Gasteiger partial charge in [-0.2, -0.15) is 5.10 Å². The number of hydrazone groups is 1. The summed E-state index contributed by atoms with van der Waals surface area (Å²) < 4.78 is 0. The molecular weight excluding hydrogens is 359 g/mol. The largest absolute Gasteiger partial charge is 0.396 e. The molecule has 5 nitrogen and oxygen atoms in total. The molecule has 1 aromatic heterocycles. The summed E-state index contributed by atoms with van der Waals surface area (Å²) in [5, 5.41) is 4.16. The number of rotatable bonds is 2. The van der Waals surface area contributed by atoms with Gasteiger partial charge >= 0.3 is 0 Å². The fraction of sp³-hybridized carbons (Fsp3) is 0.533. The Morgan fingerprint density at radius 3 is 2.61 bits per heavy atom. The van der Waals surface area contributed by atoms with Gasteiger partial charge in [-0.25, -0.2) is 10.4 Å². The number of hydrogen-bond acceptors (Lipinski definition) is 4. The Kier molecular flexibility index (Phi) is 5.44. The molecule has 1 aliphatic carbocycles. The van der Waals surface area contributed by atoms with Crippen molar-refractivity contribution in [2.75, 3.05) is 5.73 Å². The first-order valence-electron chi connectivity index (χ1n) is 7.26. The third-order valence-electron chi connectivity index (χ3n) is 3.77. The molecule has 1 unspecified atom stereocenters. The number of nitrogens with one attached hydrogen (secondary N) is 1. The second-order valence-corrected chi connectivity index (χ2v) is 7.88. The molecule has 0 bridgehead atoms. The minimum Gasteiger partial charge on any atom is -0.396 e. The molecular formula is C15H19Cl3N4O. The van der Waals surface area contributed by atoms with Gasteiger partial charge in [0.1, 0.15) is 5.02 Å². The summed E-state index contributed by atoms with van der Waals surface area (Å²) in [4.78, 5) is 16.1. The Bertz CT molecular complexity index is 673. The van der Waals surface area contributed by atoms with E-state index >= 15 is 0 Å². The highest BCUT2D eigenvalue weighted by atomic mass is 35.5. The summed E-state index contributed by atoms with van der Waals surface area (Å²) in [5.41, 5.74) is 9.25. The molecule has 1 aliphatic rings. The maximum absolute atomic E-state index is 12.2. The van der Waals surface area contributed by atoms with Crippen molar-refractivity contribution >= 4 is 52.1 Å². The van der Waals surface area contributed by atoms with Crippen LogP contribution < -0.4 is 11.2 Å². The molecule has 1 heterocycles. The van der Waals surface area contributed by atoms with Crippen LogP contribution in [-0.4, -0.2) is 16.6 Å². The predicted molar refractivity (Wildman–Crippen MR) is 95.4 cm³/mol. The molecule has 1 saturated carbocycles. The molecule has 0 radical (unpaired) electrons. The number of halogens is 3. The van der Waals surface area contributed by atoms with Gasteiger partial charge in [-0.05, 0) is 30.6 Å². The SMILES string of the molecule is CC1C/C(=N/NC(=O)c2nc(Cl)c(Cl)c(N)c2Cl)CC(C)(C)C1. The smallest absolute Gasteiger partial charge is 0.291 e. The van der Waals surface area contributed by atoms with Crippen molar-refractivity contribution in [1.29, 1.82) is 0 Å². The van der Waals surface area contributed by atoms with Gasteiger partial charge in [-0.15, -0.1) is 0 Å². The Balaban J connectivity index is 2.19. The van der Waals surface area contributed by atoms with Gasteiger partial charge < -0.3 is 5.73 Å². The molecule has 1 fully saturated rings. The van der Waals surface area contributed by atoms with Crippen LogP contribution in [0, 0.1) is 11.3 Å². The van der Waals surface area contributed by atoms with Crippen molar-refractivity contribution in [1.82, 2.24) is 10.4 Å². The standard InChI is InChI=1S/C15H19Cl3N4O/c1-7-4-8(6-15(2,3)5-7)21-22-14(23)12-9(16)11(19)10(17)13(18)20-12/h7H,4-6H2,1-3H3,(H2,19,20)(H,22,23)/b21-8-. The van der Waals surface area contributed by atoms with Crippen LogP contribution in [0.25, 0.3) is 0 Å². The fourth-order valence-electron chi connectivity index (χ4n) is 3.06. The van der Waals surface area contributed by atoms with Crippen molar-refractivity contribution < 1.29 is 4.79 Å². The van der Waals surface area contributed by atoms with Crippen molar-refractivity contribution in [3.63, 3.8) is 0 Å². The number of amides is 1. The Labute approximate surface area is 150 Å². The average Bonchev–Trinajstić information content (AvgIpc) is 2.44. The van der Waals surface area contributed by atoms with Crippen molar-refractivity contribution in [3.05, 3.63) is 20.9 Å². The molecule has 0 spiro atoms. The Morgan fingerprint density at radius 2 is 2.00 bits per heavy atom. The van der Waals surface area contributed by atoms with Crippen LogP contribution in [0.15, 0.2) is 5.10 Å². The topological polar surface area (TPSA) is 80.4 Å². The van der Waals surface area contributed by atoms with Crippen LogP contribution in [0.3, 0.4) is 0 Å². The van der Waals surface area contributed by atoms with Crippen molar-refractivity contribution in [2.24, 2.45) is 16.4 Å². The van der Waals surface area contributed by atoms with E-state index in [1.807, 2.05) is 0 Å². The third-order valence-corrected chi connectivity index (χ3v) is 4.91. The number of nitrogen functional groups attached to an aromatic ring is 1. The van der Waals surface area contributed by atoms with Gasteiger partial charge in [0.05, 0.1) is 10.7 Å². The molecule has 3 N–H and O–H groups in total. The van der Waals surface area contributed by atoms with Crippen LogP contribution in [0.1, 0.15) is 50.5 Å². The van der Waals surface area contributed by atoms with Crippen LogP contribution in [0.4, 0.5) is 5.69 Å². The van der Waals surface area contributed by atoms with E-state index in [1.165, 1.54) is 0 Å². The van der Waals surface area contributed by atoms with Gasteiger partial charge in [0.25, 0.3) is 5.91 Å². The summed E-state index contributed by atoms with van der Waals surface area (Å²) >= 11 is 17.7. The number of carbonyl (C=O) groups excluding carboxylic acids is 1. The first-order valence-corrected chi connectivity index (χ1v) is 8.40. The van der Waals surface area contributed by atoms with E-state index in [2.05, 4.69) is 36.3 Å². The fourth-order valence-corrected chi connectivity index (χ4v) is 3.66. The number of anilines is 1. The minimum absolute atomic E-state index is 0.0264. The van der Waals surface area contributed by atoms with E-state index in [0.717, 1.165) is 25.0 Å². The van der Waals surface area contributed by atoms with E-state index in [1.54, 1.807) is 0 Å². The van der Waals surface area contributed by atoms with Crippen molar-refractivity contribution in [2.45, 2.75) is 40.0 Å². The highest BCUT2D eigenvalue weighted by Gasteiger charge is 2.29. The zero-order chi connectivity index (χ0) is 17.4. The summed E-state index contributed by atoms with van der Waals surface area (Å²) in [6.07, 6.45) is 2.83. The lowest BCUT2D eigenvalue weighted by molar-refractivity contribution is 0.0949. The lowest BCUT2D eigenvalue weighted by Gasteiger charge is -2.34. The molecule has 0 aliphatic heterocycles. The van der Waals surface area contributed by atoms with E-state index in [-0.39, 0.29) is 32.0 Å². The highest BCUT2D eigenvalue weighted by Crippen LogP contribution is 2.37. The lowest BCUT2D eigenvalue weighted by atomic mass is 9.72. The van der Waals surface area contributed by atoms with Gasteiger partial charge in [0.2, 0.25) is 0 Å². The second kappa shape index (κ2) is 6.83. The number of carbonyl (C=O) groups is 1. The van der Waals surface area contributed by atoms with E-state index in [9.17, 15) is 4.79 Å². The highest BCUT2D eigenvalue weighted by molar-refractivity contribution is 6.46. The number of nitrogens with zero attached hydrogens (tertiary/aromatic N) is 2. The number of pyridine rings is 1. The zero-order valence-corrected chi connectivity index (χ0v) is 15.5. The minimum atomic E-state index is -0.566. The summed E-state index contributed by atoms with van der Waals surface area (Å²) in [6, 6.07) is 0. The maximum atomic E-state index is 12.2. The Hall–Kier alpha value is -1.04. The van der Waals surface area contributed by atoms with Crippen molar-refractivity contribution in [3.8, 4) is 0 Å². The second-order valence-electron chi connectivity index (χ2n) is 6.77. The molecule has 0 aromatic carbocycles. The van der Waals surface area contributed by atoms with Crippen LogP contribution in [0.2, 0.25) is 15.2 Å². The summed E-state index contributed by atoms with van der Waals surface area (Å²) in [7, 11) is 0.